The molecular formula is C22H26FN5O. The highest BCUT2D eigenvalue weighted by Crippen LogP contribution is 2.23. The van der Waals surface area contributed by atoms with Crippen molar-refractivity contribution in [1.29, 1.82) is 0 Å². The van der Waals surface area contributed by atoms with E-state index in [0.717, 1.165) is 36.8 Å². The van der Waals surface area contributed by atoms with Gasteiger partial charge in [0, 0.05) is 24.8 Å². The minimum Gasteiger partial charge on any atom is -0.370 e. The lowest BCUT2D eigenvalue weighted by Gasteiger charge is -2.30. The first-order valence-corrected chi connectivity index (χ1v) is 10.2. The fourth-order valence-corrected chi connectivity index (χ4v) is 3.72. The third-order valence-electron chi connectivity index (χ3n) is 5.22. The molecule has 0 bridgehead atoms. The van der Waals surface area contributed by atoms with E-state index in [1.807, 2.05) is 12.1 Å². The minimum atomic E-state index is -0.333. The molecule has 0 unspecified atom stereocenters. The second-order valence-corrected chi connectivity index (χ2v) is 7.69. The monoisotopic (exact) mass is 395 g/mol. The average molecular weight is 395 g/mol. The molecule has 1 saturated heterocycles. The lowest BCUT2D eigenvalue weighted by atomic mass is 10.0. The van der Waals surface area contributed by atoms with Gasteiger partial charge in [-0.05, 0) is 62.5 Å². The van der Waals surface area contributed by atoms with Crippen LogP contribution in [0.5, 0.6) is 0 Å². The van der Waals surface area contributed by atoms with Gasteiger partial charge in [0.1, 0.15) is 11.6 Å². The van der Waals surface area contributed by atoms with Gasteiger partial charge in [0.2, 0.25) is 5.82 Å². The summed E-state index contributed by atoms with van der Waals surface area (Å²) in [6, 6.07) is 9.93. The van der Waals surface area contributed by atoms with Crippen molar-refractivity contribution < 1.29 is 8.91 Å². The third-order valence-corrected chi connectivity index (χ3v) is 5.22. The molecule has 6 nitrogen and oxygen atoms in total. The summed E-state index contributed by atoms with van der Waals surface area (Å²) in [4.78, 5) is 11.3. The number of likely N-dealkylation sites (tertiary alicyclic amines) is 1. The lowest BCUT2D eigenvalue weighted by molar-refractivity contribution is 0.183. The SMILES string of the molecule is C[C@H]1CCCN(CCCNc2ccc(-c3nc(-c4cccc(F)c4)no3)cn2)C1. The van der Waals surface area contributed by atoms with Gasteiger partial charge in [-0.3, -0.25) is 0 Å². The maximum Gasteiger partial charge on any atom is 0.259 e. The molecular weight excluding hydrogens is 369 g/mol. The number of aromatic nitrogens is 3. The molecule has 0 aliphatic carbocycles. The zero-order valence-electron chi connectivity index (χ0n) is 16.6. The van der Waals surface area contributed by atoms with Crippen LogP contribution >= 0.6 is 0 Å². The van der Waals surface area contributed by atoms with E-state index in [0.29, 0.717) is 17.3 Å². The Morgan fingerprint density at radius 3 is 2.97 bits per heavy atom. The molecule has 0 spiro atoms. The van der Waals surface area contributed by atoms with Crippen LogP contribution in [0, 0.1) is 11.7 Å². The number of pyridine rings is 1. The Kier molecular flexibility index (Phi) is 6.14. The van der Waals surface area contributed by atoms with Gasteiger partial charge < -0.3 is 14.7 Å². The molecule has 2 aromatic heterocycles. The first-order valence-electron chi connectivity index (χ1n) is 10.2. The zero-order chi connectivity index (χ0) is 20.1. The summed E-state index contributed by atoms with van der Waals surface area (Å²) in [7, 11) is 0. The van der Waals surface area contributed by atoms with Crippen molar-refractivity contribution in [3.05, 3.63) is 48.4 Å². The van der Waals surface area contributed by atoms with Gasteiger partial charge in [-0.1, -0.05) is 24.2 Å². The van der Waals surface area contributed by atoms with Crippen LogP contribution in [0.3, 0.4) is 0 Å². The van der Waals surface area contributed by atoms with Gasteiger partial charge in [0.15, 0.2) is 0 Å². The molecule has 1 N–H and O–H groups in total. The largest absolute Gasteiger partial charge is 0.370 e. The van der Waals surface area contributed by atoms with E-state index >= 15 is 0 Å². The van der Waals surface area contributed by atoms with Crippen molar-refractivity contribution >= 4 is 5.82 Å². The molecule has 29 heavy (non-hydrogen) atoms. The first-order chi connectivity index (χ1) is 14.2. The highest BCUT2D eigenvalue weighted by atomic mass is 19.1. The number of piperidine rings is 1. The molecule has 0 saturated carbocycles. The Bertz CT molecular complexity index is 927. The number of anilines is 1. The second kappa shape index (κ2) is 9.13. The smallest absolute Gasteiger partial charge is 0.259 e. The number of rotatable bonds is 7. The molecule has 0 amide bonds. The summed E-state index contributed by atoms with van der Waals surface area (Å²) in [6.45, 7) is 6.79. The van der Waals surface area contributed by atoms with Gasteiger partial charge in [-0.25, -0.2) is 9.37 Å². The zero-order valence-corrected chi connectivity index (χ0v) is 16.6. The van der Waals surface area contributed by atoms with E-state index in [2.05, 4.69) is 32.3 Å². The molecule has 3 heterocycles. The summed E-state index contributed by atoms with van der Waals surface area (Å²) in [5, 5.41) is 7.30. The summed E-state index contributed by atoms with van der Waals surface area (Å²) in [6.07, 6.45) is 5.47. The third kappa shape index (κ3) is 5.17. The van der Waals surface area contributed by atoms with E-state index in [9.17, 15) is 4.39 Å². The van der Waals surface area contributed by atoms with Crippen LogP contribution in [0.2, 0.25) is 0 Å². The minimum absolute atomic E-state index is 0.333. The summed E-state index contributed by atoms with van der Waals surface area (Å²) >= 11 is 0. The molecule has 1 aliphatic heterocycles. The standard InChI is InChI=1S/C22H26FN5O/c1-16-5-3-11-28(15-16)12-4-10-24-20-9-8-18(14-25-20)22-26-21(27-29-22)17-6-2-7-19(23)13-17/h2,6-9,13-14,16H,3-5,10-12,15H2,1H3,(H,24,25)/t16-/m0/s1. The van der Waals surface area contributed by atoms with Crippen LogP contribution in [0.4, 0.5) is 10.2 Å². The van der Waals surface area contributed by atoms with Crippen LogP contribution in [-0.2, 0) is 0 Å². The molecule has 7 heteroatoms. The van der Waals surface area contributed by atoms with Gasteiger partial charge in [0.05, 0.1) is 5.56 Å². The predicted molar refractivity (Wildman–Crippen MR) is 111 cm³/mol. The maximum atomic E-state index is 13.4. The highest BCUT2D eigenvalue weighted by molar-refractivity contribution is 5.60. The molecule has 1 atom stereocenters. The number of benzene rings is 1. The van der Waals surface area contributed by atoms with Crippen molar-refractivity contribution in [3.8, 4) is 22.8 Å². The topological polar surface area (TPSA) is 67.1 Å². The van der Waals surface area contributed by atoms with Crippen LogP contribution in [0.25, 0.3) is 22.8 Å². The molecule has 1 aromatic carbocycles. The molecule has 1 fully saturated rings. The quantitative estimate of drug-likeness (QED) is 0.595. The van der Waals surface area contributed by atoms with Crippen LogP contribution in [0.15, 0.2) is 47.1 Å². The first kappa shape index (κ1) is 19.5. The molecule has 152 valence electrons. The van der Waals surface area contributed by atoms with Gasteiger partial charge >= 0.3 is 0 Å². The van der Waals surface area contributed by atoms with Gasteiger partial charge in [0.25, 0.3) is 5.89 Å². The number of hydrogen-bond acceptors (Lipinski definition) is 6. The van der Waals surface area contributed by atoms with Gasteiger partial charge in [-0.15, -0.1) is 0 Å². The molecule has 4 rings (SSSR count). The van der Waals surface area contributed by atoms with Crippen LogP contribution in [-0.4, -0.2) is 46.2 Å². The van der Waals surface area contributed by atoms with Crippen molar-refractivity contribution in [3.63, 3.8) is 0 Å². The number of halogens is 1. The summed E-state index contributed by atoms with van der Waals surface area (Å²) in [5.41, 5.74) is 1.31. The Hall–Kier alpha value is -2.80. The van der Waals surface area contributed by atoms with Crippen LogP contribution < -0.4 is 5.32 Å². The predicted octanol–water partition coefficient (Wildman–Crippen LogP) is 4.47. The highest BCUT2D eigenvalue weighted by Gasteiger charge is 2.15. The Balaban J connectivity index is 1.29. The van der Waals surface area contributed by atoms with E-state index in [-0.39, 0.29) is 5.82 Å². The molecule has 0 radical (unpaired) electrons. The van der Waals surface area contributed by atoms with E-state index in [4.69, 9.17) is 4.52 Å². The van der Waals surface area contributed by atoms with Gasteiger partial charge in [-0.2, -0.15) is 4.98 Å². The van der Waals surface area contributed by atoms with Crippen LogP contribution in [0.1, 0.15) is 26.2 Å². The maximum absolute atomic E-state index is 13.4. The Morgan fingerprint density at radius 2 is 2.17 bits per heavy atom. The van der Waals surface area contributed by atoms with Crippen molar-refractivity contribution in [2.75, 3.05) is 31.5 Å². The van der Waals surface area contributed by atoms with Crippen molar-refractivity contribution in [2.45, 2.75) is 26.2 Å². The average Bonchev–Trinajstić information content (AvgIpc) is 3.22. The number of hydrogen-bond donors (Lipinski definition) is 1. The van der Waals surface area contributed by atoms with Crippen molar-refractivity contribution in [1.82, 2.24) is 20.0 Å². The molecule has 1 aliphatic rings. The molecule has 3 aromatic rings. The fraction of sp³-hybridized carbons (Fsp3) is 0.409. The number of nitrogens with zero attached hydrogens (tertiary/aromatic N) is 4. The van der Waals surface area contributed by atoms with E-state index < -0.39 is 0 Å². The summed E-state index contributed by atoms with van der Waals surface area (Å²) in [5.74, 6) is 2.03. The van der Waals surface area contributed by atoms with Crippen molar-refractivity contribution in [2.24, 2.45) is 5.92 Å². The fourth-order valence-electron chi connectivity index (χ4n) is 3.72. The Morgan fingerprint density at radius 1 is 1.24 bits per heavy atom. The normalized spacial score (nSPS) is 17.4. The second-order valence-electron chi connectivity index (χ2n) is 7.69. The van der Waals surface area contributed by atoms with E-state index in [1.54, 1.807) is 18.3 Å². The lowest BCUT2D eigenvalue weighted by Crippen LogP contribution is -2.35. The summed E-state index contributed by atoms with van der Waals surface area (Å²) < 4.78 is 18.7. The Labute approximate surface area is 170 Å². The number of nitrogens with one attached hydrogen (secondary N) is 1. The van der Waals surface area contributed by atoms with E-state index in [1.165, 1.54) is 38.1 Å².